The third-order valence-corrected chi connectivity index (χ3v) is 2.82. The number of hydrogen-bond acceptors (Lipinski definition) is 5. The van der Waals surface area contributed by atoms with Crippen LogP contribution in [0.5, 0.6) is 11.5 Å². The first-order valence-electron chi connectivity index (χ1n) is 6.15. The van der Waals surface area contributed by atoms with Crippen LogP contribution >= 0.6 is 0 Å². The van der Waals surface area contributed by atoms with Crippen LogP contribution in [0.15, 0.2) is 36.5 Å². The second-order valence-corrected chi connectivity index (χ2v) is 4.29. The molecule has 0 saturated carbocycles. The summed E-state index contributed by atoms with van der Waals surface area (Å²) >= 11 is 0. The summed E-state index contributed by atoms with van der Waals surface area (Å²) in [5.41, 5.74) is 7.00. The largest absolute Gasteiger partial charge is 0.486 e. The van der Waals surface area contributed by atoms with E-state index in [0.717, 1.165) is 0 Å². The minimum atomic E-state index is -0.325. The summed E-state index contributed by atoms with van der Waals surface area (Å²) < 4.78 is 10.9. The Morgan fingerprint density at radius 2 is 1.95 bits per heavy atom. The molecule has 0 radical (unpaired) electrons. The molecule has 1 aliphatic rings. The summed E-state index contributed by atoms with van der Waals surface area (Å²) in [4.78, 5) is 16.0. The molecular formula is C14H13N3O3. The summed E-state index contributed by atoms with van der Waals surface area (Å²) in [6, 6.07) is 8.38. The molecule has 1 aromatic carbocycles. The maximum Gasteiger partial charge on any atom is 0.274 e. The SMILES string of the molecule is Nc1ccnc(C(=O)Nc2ccc3c(c2)OCCO3)c1. The van der Waals surface area contributed by atoms with Crippen molar-refractivity contribution in [1.29, 1.82) is 0 Å². The van der Waals surface area contributed by atoms with E-state index in [0.29, 0.717) is 36.1 Å². The van der Waals surface area contributed by atoms with Crippen molar-refractivity contribution in [1.82, 2.24) is 4.98 Å². The fourth-order valence-electron chi connectivity index (χ4n) is 1.89. The third kappa shape index (κ3) is 2.49. The molecule has 0 spiro atoms. The molecule has 3 N–H and O–H groups in total. The highest BCUT2D eigenvalue weighted by molar-refractivity contribution is 6.03. The standard InChI is InChI=1S/C14H13N3O3/c15-9-3-4-16-11(7-9)14(18)17-10-1-2-12-13(8-10)20-6-5-19-12/h1-4,7-8H,5-6H2,(H2,15,16)(H,17,18). The summed E-state index contributed by atoms with van der Waals surface area (Å²) in [6.07, 6.45) is 1.49. The van der Waals surface area contributed by atoms with Gasteiger partial charge >= 0.3 is 0 Å². The molecule has 0 saturated heterocycles. The monoisotopic (exact) mass is 271 g/mol. The molecule has 0 bridgehead atoms. The topological polar surface area (TPSA) is 86.5 Å². The van der Waals surface area contributed by atoms with Gasteiger partial charge in [-0.15, -0.1) is 0 Å². The molecule has 2 aromatic rings. The van der Waals surface area contributed by atoms with Crippen LogP contribution < -0.4 is 20.5 Å². The minimum Gasteiger partial charge on any atom is -0.486 e. The van der Waals surface area contributed by atoms with Gasteiger partial charge in [0.05, 0.1) is 0 Å². The third-order valence-electron chi connectivity index (χ3n) is 2.82. The van der Waals surface area contributed by atoms with Gasteiger partial charge in [-0.05, 0) is 24.3 Å². The van der Waals surface area contributed by atoms with E-state index in [1.54, 1.807) is 24.3 Å². The average molecular weight is 271 g/mol. The Kier molecular flexibility index (Phi) is 3.12. The molecule has 0 unspecified atom stereocenters. The number of benzene rings is 1. The normalized spacial score (nSPS) is 12.8. The number of nitrogens with one attached hydrogen (secondary N) is 1. The van der Waals surface area contributed by atoms with E-state index in [4.69, 9.17) is 15.2 Å². The molecule has 102 valence electrons. The minimum absolute atomic E-state index is 0.264. The molecule has 0 atom stereocenters. The Hall–Kier alpha value is -2.76. The predicted octanol–water partition coefficient (Wildman–Crippen LogP) is 1.69. The maximum absolute atomic E-state index is 12.0. The van der Waals surface area contributed by atoms with Crippen molar-refractivity contribution in [3.05, 3.63) is 42.2 Å². The predicted molar refractivity (Wildman–Crippen MR) is 74.0 cm³/mol. The molecule has 0 fully saturated rings. The first kappa shape index (κ1) is 12.3. The lowest BCUT2D eigenvalue weighted by atomic mass is 10.2. The summed E-state index contributed by atoms with van der Waals surface area (Å²) in [5.74, 6) is 0.972. The zero-order valence-corrected chi connectivity index (χ0v) is 10.6. The molecule has 0 aliphatic carbocycles. The number of nitrogens with two attached hydrogens (primary N) is 1. The van der Waals surface area contributed by atoms with Crippen LogP contribution in [0.1, 0.15) is 10.5 Å². The number of fused-ring (bicyclic) bond motifs is 1. The lowest BCUT2D eigenvalue weighted by Gasteiger charge is -2.18. The van der Waals surface area contributed by atoms with Gasteiger partial charge in [0.1, 0.15) is 18.9 Å². The van der Waals surface area contributed by atoms with Crippen molar-refractivity contribution in [2.24, 2.45) is 0 Å². The van der Waals surface area contributed by atoms with E-state index in [1.807, 2.05) is 0 Å². The van der Waals surface area contributed by atoms with Gasteiger partial charge in [-0.2, -0.15) is 0 Å². The molecule has 2 heterocycles. The van der Waals surface area contributed by atoms with Crippen molar-refractivity contribution in [2.75, 3.05) is 24.3 Å². The molecule has 1 amide bonds. The zero-order valence-electron chi connectivity index (χ0n) is 10.6. The number of anilines is 2. The van der Waals surface area contributed by atoms with Gasteiger partial charge in [0.2, 0.25) is 0 Å². The maximum atomic E-state index is 12.0. The van der Waals surface area contributed by atoms with Crippen LogP contribution in [-0.2, 0) is 0 Å². The number of nitrogen functional groups attached to an aromatic ring is 1. The second kappa shape index (κ2) is 5.08. The number of carbonyl (C=O) groups is 1. The van der Waals surface area contributed by atoms with Crippen molar-refractivity contribution in [3.8, 4) is 11.5 Å². The highest BCUT2D eigenvalue weighted by atomic mass is 16.6. The molecule has 20 heavy (non-hydrogen) atoms. The fraction of sp³-hybridized carbons (Fsp3) is 0.143. The van der Waals surface area contributed by atoms with E-state index < -0.39 is 0 Å². The van der Waals surface area contributed by atoms with Crippen LogP contribution in [0.2, 0.25) is 0 Å². The average Bonchev–Trinajstić information content (AvgIpc) is 2.47. The smallest absolute Gasteiger partial charge is 0.274 e. The number of rotatable bonds is 2. The Morgan fingerprint density at radius 1 is 1.15 bits per heavy atom. The van der Waals surface area contributed by atoms with E-state index >= 15 is 0 Å². The van der Waals surface area contributed by atoms with Crippen LogP contribution in [0.3, 0.4) is 0 Å². The van der Waals surface area contributed by atoms with E-state index in [2.05, 4.69) is 10.3 Å². The summed E-state index contributed by atoms with van der Waals surface area (Å²) in [6.45, 7) is 1.03. The van der Waals surface area contributed by atoms with Crippen molar-refractivity contribution >= 4 is 17.3 Å². The number of nitrogens with zero attached hydrogens (tertiary/aromatic N) is 1. The van der Waals surface area contributed by atoms with Gasteiger partial charge in [-0.25, -0.2) is 0 Å². The Labute approximate surface area is 115 Å². The highest BCUT2D eigenvalue weighted by Crippen LogP contribution is 2.32. The molecule has 1 aromatic heterocycles. The number of carbonyl (C=O) groups excluding carboxylic acids is 1. The van der Waals surface area contributed by atoms with Gasteiger partial charge in [0.25, 0.3) is 5.91 Å². The number of amides is 1. The lowest BCUT2D eigenvalue weighted by molar-refractivity contribution is 0.102. The van der Waals surface area contributed by atoms with Gasteiger partial charge in [-0.1, -0.05) is 0 Å². The van der Waals surface area contributed by atoms with Gasteiger partial charge in [-0.3, -0.25) is 9.78 Å². The second-order valence-electron chi connectivity index (χ2n) is 4.29. The number of aromatic nitrogens is 1. The van der Waals surface area contributed by atoms with Gasteiger partial charge in [0, 0.05) is 23.6 Å². The van der Waals surface area contributed by atoms with Crippen LogP contribution in [0.4, 0.5) is 11.4 Å². The Bertz CT molecular complexity index is 658. The number of pyridine rings is 1. The Balaban J connectivity index is 1.79. The summed E-state index contributed by atoms with van der Waals surface area (Å²) in [5, 5.41) is 2.74. The van der Waals surface area contributed by atoms with Gasteiger partial charge in [0.15, 0.2) is 11.5 Å². The summed E-state index contributed by atoms with van der Waals surface area (Å²) in [7, 11) is 0. The van der Waals surface area contributed by atoms with Crippen molar-refractivity contribution < 1.29 is 14.3 Å². The van der Waals surface area contributed by atoms with Crippen molar-refractivity contribution in [2.45, 2.75) is 0 Å². The molecule has 6 nitrogen and oxygen atoms in total. The zero-order chi connectivity index (χ0) is 13.9. The Morgan fingerprint density at radius 3 is 2.75 bits per heavy atom. The quantitative estimate of drug-likeness (QED) is 0.868. The number of ether oxygens (including phenoxy) is 2. The molecule has 1 aliphatic heterocycles. The number of hydrogen-bond donors (Lipinski definition) is 2. The lowest BCUT2D eigenvalue weighted by Crippen LogP contribution is -2.17. The van der Waals surface area contributed by atoms with Gasteiger partial charge < -0.3 is 20.5 Å². The van der Waals surface area contributed by atoms with Crippen LogP contribution in [-0.4, -0.2) is 24.1 Å². The van der Waals surface area contributed by atoms with E-state index in [9.17, 15) is 4.79 Å². The highest BCUT2D eigenvalue weighted by Gasteiger charge is 2.13. The van der Waals surface area contributed by atoms with Crippen molar-refractivity contribution in [3.63, 3.8) is 0 Å². The van der Waals surface area contributed by atoms with Crippen LogP contribution in [0.25, 0.3) is 0 Å². The van der Waals surface area contributed by atoms with E-state index in [-0.39, 0.29) is 11.6 Å². The first-order valence-corrected chi connectivity index (χ1v) is 6.15. The molecule has 3 rings (SSSR count). The fourth-order valence-corrected chi connectivity index (χ4v) is 1.89. The first-order chi connectivity index (χ1) is 9.72. The molecule has 6 heteroatoms. The van der Waals surface area contributed by atoms with E-state index in [1.165, 1.54) is 12.3 Å². The van der Waals surface area contributed by atoms with Crippen LogP contribution in [0, 0.1) is 0 Å². The molecular weight excluding hydrogens is 258 g/mol.